The number of hydrogen-bond donors (Lipinski definition) is 2. The topological polar surface area (TPSA) is 148 Å². The summed E-state index contributed by atoms with van der Waals surface area (Å²) in [6.07, 6.45) is 6.95. The van der Waals surface area contributed by atoms with Crippen LogP contribution in [-0.4, -0.2) is 72.6 Å². The Morgan fingerprint density at radius 2 is 1.03 bits per heavy atom. The van der Waals surface area contributed by atoms with Gasteiger partial charge >= 0.3 is 0 Å². The van der Waals surface area contributed by atoms with Gasteiger partial charge in [0.15, 0.2) is 11.6 Å². The summed E-state index contributed by atoms with van der Waals surface area (Å²) in [4.78, 5) is 27.0. The van der Waals surface area contributed by atoms with Crippen LogP contribution in [-0.2, 0) is 13.2 Å². The lowest BCUT2D eigenvalue weighted by Crippen LogP contribution is -2.43. The molecule has 6 aliphatic rings. The summed E-state index contributed by atoms with van der Waals surface area (Å²) in [5, 5.41) is 19.1. The van der Waals surface area contributed by atoms with Gasteiger partial charge in [0.25, 0.3) is 0 Å². The zero-order valence-corrected chi connectivity index (χ0v) is 33.0. The van der Waals surface area contributed by atoms with Crippen molar-refractivity contribution in [3.8, 4) is 46.0 Å². The molecule has 0 bridgehead atoms. The molecule has 6 aliphatic heterocycles. The molecule has 4 atom stereocenters. The fraction of sp³-hybridized carbons (Fsp3) is 0.348. The molecule has 4 aromatic carbocycles. The molecule has 12 heteroatoms. The van der Waals surface area contributed by atoms with Crippen LogP contribution in [0.3, 0.4) is 0 Å². The number of carbonyl (C=O) groups excluding carboxylic acids is 2. The van der Waals surface area contributed by atoms with E-state index in [2.05, 4.69) is 0 Å². The summed E-state index contributed by atoms with van der Waals surface area (Å²) >= 11 is 0. The molecule has 0 fully saturated rings. The number of carbonyl (C=O) groups is 2. The van der Waals surface area contributed by atoms with Crippen LogP contribution in [0.5, 0.6) is 46.0 Å². The van der Waals surface area contributed by atoms with Crippen molar-refractivity contribution in [3.63, 3.8) is 0 Å². The third kappa shape index (κ3) is 6.13. The zero-order chi connectivity index (χ0) is 40.7. The first-order valence-corrected chi connectivity index (χ1v) is 19.2. The van der Waals surface area contributed by atoms with Crippen molar-refractivity contribution in [2.45, 2.75) is 76.2 Å². The molecule has 0 saturated heterocycles. The number of aliphatic hydroxyl groups excluding tert-OH is 2. The molecule has 58 heavy (non-hydrogen) atoms. The number of hydrogen-bond acceptors (Lipinski definition) is 12. The van der Waals surface area contributed by atoms with Gasteiger partial charge in [-0.05, 0) is 101 Å². The molecule has 0 spiro atoms. The highest BCUT2D eigenvalue weighted by atomic mass is 16.6. The lowest BCUT2D eigenvalue weighted by molar-refractivity contribution is 0.0547. The lowest BCUT2D eigenvalue weighted by atomic mass is 9.80. The van der Waals surface area contributed by atoms with E-state index in [1.54, 1.807) is 36.4 Å². The summed E-state index contributed by atoms with van der Waals surface area (Å²) in [5.41, 5.74) is 4.51. The first kappa shape index (κ1) is 37.6. The zero-order valence-electron chi connectivity index (χ0n) is 33.0. The maximum atomic E-state index is 13.5. The predicted octanol–water partition coefficient (Wildman–Crippen LogP) is 6.98. The number of ketones is 2. The van der Waals surface area contributed by atoms with E-state index in [0.29, 0.717) is 68.2 Å². The molecular weight excluding hydrogens is 744 g/mol. The fourth-order valence-electron chi connectivity index (χ4n) is 8.50. The van der Waals surface area contributed by atoms with Crippen molar-refractivity contribution in [2.75, 3.05) is 27.4 Å². The van der Waals surface area contributed by atoms with Crippen molar-refractivity contribution in [2.24, 2.45) is 0 Å². The maximum absolute atomic E-state index is 13.5. The Balaban J connectivity index is 0.000000150. The van der Waals surface area contributed by atoms with Crippen LogP contribution in [0.15, 0.2) is 60.7 Å². The van der Waals surface area contributed by atoms with Crippen LogP contribution in [0, 0.1) is 0 Å². The van der Waals surface area contributed by atoms with Crippen molar-refractivity contribution < 1.29 is 57.7 Å². The Hall–Kier alpha value is -5.98. The quantitative estimate of drug-likeness (QED) is 0.220. The summed E-state index contributed by atoms with van der Waals surface area (Å²) in [7, 11) is 3.08. The average molecular weight is 789 g/mol. The van der Waals surface area contributed by atoms with Crippen molar-refractivity contribution in [1.29, 1.82) is 0 Å². The Labute approximate surface area is 335 Å². The van der Waals surface area contributed by atoms with Gasteiger partial charge in [0.1, 0.15) is 82.6 Å². The highest BCUT2D eigenvalue weighted by Crippen LogP contribution is 2.50. The fourth-order valence-corrected chi connectivity index (χ4v) is 8.50. The van der Waals surface area contributed by atoms with Gasteiger partial charge in [0, 0.05) is 22.3 Å². The first-order chi connectivity index (χ1) is 27.8. The molecule has 300 valence electrons. The third-order valence-electron chi connectivity index (χ3n) is 11.4. The molecule has 0 unspecified atom stereocenters. The number of rotatable bonds is 4. The Bertz CT molecular complexity index is 2270. The minimum atomic E-state index is -0.490. The Morgan fingerprint density at radius 1 is 0.621 bits per heavy atom. The van der Waals surface area contributed by atoms with Gasteiger partial charge in [-0.2, -0.15) is 0 Å². The van der Waals surface area contributed by atoms with Gasteiger partial charge in [0.2, 0.25) is 0 Å². The van der Waals surface area contributed by atoms with Crippen LogP contribution < -0.4 is 37.9 Å². The lowest BCUT2D eigenvalue weighted by Gasteiger charge is -2.39. The summed E-state index contributed by atoms with van der Waals surface area (Å²) < 4.78 is 47.2. The number of fused-ring (bicyclic) bond motifs is 12. The molecular formula is C46H44O12. The monoisotopic (exact) mass is 788 g/mol. The van der Waals surface area contributed by atoms with Crippen molar-refractivity contribution in [3.05, 3.63) is 105 Å². The third-order valence-corrected chi connectivity index (χ3v) is 11.4. The molecule has 6 heterocycles. The van der Waals surface area contributed by atoms with Crippen LogP contribution >= 0.6 is 0 Å². The predicted molar refractivity (Wildman–Crippen MR) is 212 cm³/mol. The molecule has 4 aromatic rings. The van der Waals surface area contributed by atoms with Gasteiger partial charge in [-0.15, -0.1) is 0 Å². The van der Waals surface area contributed by atoms with Crippen LogP contribution in [0.4, 0.5) is 0 Å². The normalized spacial score (nSPS) is 22.8. The number of ether oxygens (including phenoxy) is 8. The molecule has 10 rings (SSSR count). The maximum Gasteiger partial charge on any atom is 0.178 e. The van der Waals surface area contributed by atoms with Crippen molar-refractivity contribution >= 4 is 23.7 Å². The van der Waals surface area contributed by atoms with Crippen LogP contribution in [0.1, 0.15) is 93.6 Å². The highest BCUT2D eigenvalue weighted by molar-refractivity contribution is 6.07. The van der Waals surface area contributed by atoms with Crippen molar-refractivity contribution in [1.82, 2.24) is 0 Å². The standard InChI is InChI=1S/2C23H22O6/c2*1-23(2)7-6-13-16(29-23)5-4-14-21(25)20-15-9-17(26-3)12(10-24)8-18(15)27-11-19(20)28-22(13)14/h2*4-9,19-20,24H,10-11H2,1-3H3/t2*19-,20+/m11/s1. The van der Waals surface area contributed by atoms with E-state index in [-0.39, 0.29) is 38.0 Å². The largest absolute Gasteiger partial charge is 0.496 e. The van der Waals surface area contributed by atoms with E-state index < -0.39 is 35.2 Å². The highest BCUT2D eigenvalue weighted by Gasteiger charge is 2.46. The second-order valence-corrected chi connectivity index (χ2v) is 16.1. The summed E-state index contributed by atoms with van der Waals surface area (Å²) in [6, 6.07) is 14.2. The molecule has 0 aromatic heterocycles. The van der Waals surface area contributed by atoms with Gasteiger partial charge < -0.3 is 48.1 Å². The number of benzene rings is 4. The van der Waals surface area contributed by atoms with Gasteiger partial charge in [-0.25, -0.2) is 0 Å². The summed E-state index contributed by atoms with van der Waals surface area (Å²) in [5.74, 6) is 3.71. The van der Waals surface area contributed by atoms with Gasteiger partial charge in [-0.1, -0.05) is 0 Å². The van der Waals surface area contributed by atoms with E-state index in [1.165, 1.54) is 14.2 Å². The molecule has 12 nitrogen and oxygen atoms in total. The van der Waals surface area contributed by atoms with E-state index in [0.717, 1.165) is 22.3 Å². The first-order valence-electron chi connectivity index (χ1n) is 19.2. The number of methoxy groups -OCH3 is 2. The number of Topliss-reactive ketones (excluding diaryl/α,β-unsaturated/α-hetero) is 2. The Kier molecular flexibility index (Phi) is 8.97. The minimum Gasteiger partial charge on any atom is -0.496 e. The average Bonchev–Trinajstić information content (AvgIpc) is 3.21. The molecule has 0 saturated carbocycles. The Morgan fingerprint density at radius 3 is 1.41 bits per heavy atom. The second kappa shape index (κ2) is 13.8. The minimum absolute atomic E-state index is 0.0133. The van der Waals surface area contributed by atoms with Gasteiger partial charge in [0.05, 0.1) is 61.5 Å². The molecule has 0 amide bonds. The number of aliphatic hydroxyl groups is 2. The molecule has 0 radical (unpaired) electrons. The second-order valence-electron chi connectivity index (χ2n) is 16.1. The molecule has 0 aliphatic carbocycles. The van der Waals surface area contributed by atoms with E-state index >= 15 is 0 Å². The van der Waals surface area contributed by atoms with Crippen LogP contribution in [0.2, 0.25) is 0 Å². The van der Waals surface area contributed by atoms with E-state index in [1.807, 2.05) is 64.1 Å². The smallest absolute Gasteiger partial charge is 0.178 e. The van der Waals surface area contributed by atoms with Crippen LogP contribution in [0.25, 0.3) is 12.2 Å². The summed E-state index contributed by atoms with van der Waals surface area (Å²) in [6.45, 7) is 8.08. The van der Waals surface area contributed by atoms with E-state index in [4.69, 9.17) is 37.9 Å². The SMILES string of the molecule is COc1cc2c(cc1CO)OC[C@H]1Oc3c(ccc4c3C=CC(C)(C)O4)C(=O)[C@@H]21.COc1cc2c(cc1CO)OC[C@H]1Oc3c(ccc4c3C=CC(C)(C)O4)C(=O)[C@@H]21. The molecule has 2 N–H and O–H groups in total. The van der Waals surface area contributed by atoms with E-state index in [9.17, 15) is 19.8 Å². The van der Waals surface area contributed by atoms with Gasteiger partial charge in [-0.3, -0.25) is 9.59 Å².